The van der Waals surface area contributed by atoms with Gasteiger partial charge in [-0.3, -0.25) is 4.79 Å². The number of rotatable bonds is 2. The molecule has 0 saturated carbocycles. The Labute approximate surface area is 165 Å². The van der Waals surface area contributed by atoms with Crippen molar-refractivity contribution < 1.29 is 31.1 Å². The second-order valence-electron chi connectivity index (χ2n) is 6.98. The Morgan fingerprint density at radius 3 is 2.41 bits per heavy atom. The van der Waals surface area contributed by atoms with Gasteiger partial charge in [0.15, 0.2) is 0 Å². The van der Waals surface area contributed by atoms with Gasteiger partial charge < -0.3 is 9.64 Å². The van der Waals surface area contributed by atoms with Crippen molar-refractivity contribution in [2.75, 3.05) is 20.1 Å². The monoisotopic (exact) mass is 426 g/mol. The first-order chi connectivity index (χ1) is 13.6. The van der Waals surface area contributed by atoms with Crippen molar-refractivity contribution in [3.8, 4) is 5.75 Å². The van der Waals surface area contributed by atoms with Gasteiger partial charge in [-0.2, -0.15) is 17.5 Å². The van der Waals surface area contributed by atoms with Crippen LogP contribution in [-0.2, 0) is 16.2 Å². The van der Waals surface area contributed by atoms with Gasteiger partial charge in [-0.05, 0) is 30.3 Å². The standard InChI is InChI=1S/C19H17F3N2O4S/c1-23-15-10-24(29(26,27)13-5-3-2-4-6-13)11-17(15)28-16-8-7-12(19(20,21)22)9-14(16)18(23)25/h2-9,15,17H,10-11H2,1H3/t15-,17+/m1/s1. The van der Waals surface area contributed by atoms with Crippen LogP contribution in [0.5, 0.6) is 5.75 Å². The lowest BCUT2D eigenvalue weighted by Crippen LogP contribution is -2.44. The molecule has 2 aromatic carbocycles. The topological polar surface area (TPSA) is 66.9 Å². The number of hydrogen-bond donors (Lipinski definition) is 0. The zero-order valence-electron chi connectivity index (χ0n) is 15.3. The van der Waals surface area contributed by atoms with Crippen LogP contribution >= 0.6 is 0 Å². The summed E-state index contributed by atoms with van der Waals surface area (Å²) < 4.78 is 71.9. The summed E-state index contributed by atoms with van der Waals surface area (Å²) in [5.74, 6) is -0.626. The SMILES string of the molecule is CN1C(=O)c2cc(C(F)(F)F)ccc2O[C@H]2CN(S(=O)(=O)c3ccccc3)C[C@H]21. The molecular formula is C19H17F3N2O4S. The Hall–Kier alpha value is -2.59. The minimum absolute atomic E-state index is 0.00967. The number of carbonyl (C=O) groups excluding carboxylic acids is 1. The predicted octanol–water partition coefficient (Wildman–Crippen LogP) is 2.61. The molecule has 0 aromatic heterocycles. The number of fused-ring (bicyclic) bond motifs is 2. The molecule has 0 aliphatic carbocycles. The number of ether oxygens (including phenoxy) is 1. The van der Waals surface area contributed by atoms with Gasteiger partial charge in [0, 0.05) is 13.6 Å². The smallest absolute Gasteiger partial charge is 0.416 e. The first-order valence-corrected chi connectivity index (χ1v) is 10.2. The molecule has 1 saturated heterocycles. The summed E-state index contributed by atoms with van der Waals surface area (Å²) in [6.07, 6.45) is -5.28. The maximum Gasteiger partial charge on any atom is 0.416 e. The number of sulfonamides is 1. The summed E-state index contributed by atoms with van der Waals surface area (Å²) in [6, 6.07) is 10.00. The molecule has 154 valence electrons. The molecule has 1 fully saturated rings. The summed E-state index contributed by atoms with van der Waals surface area (Å²) in [5.41, 5.74) is -1.13. The summed E-state index contributed by atoms with van der Waals surface area (Å²) in [4.78, 5) is 14.2. The Morgan fingerprint density at radius 2 is 1.76 bits per heavy atom. The van der Waals surface area contributed by atoms with Crippen LogP contribution in [0.4, 0.5) is 13.2 Å². The van der Waals surface area contributed by atoms with Gasteiger partial charge in [0.1, 0.15) is 11.9 Å². The number of amides is 1. The number of likely N-dealkylation sites (N-methyl/N-ethyl adjacent to an activating group) is 1. The Kier molecular flexibility index (Phi) is 4.58. The predicted molar refractivity (Wildman–Crippen MR) is 96.9 cm³/mol. The van der Waals surface area contributed by atoms with Gasteiger partial charge in [-0.1, -0.05) is 18.2 Å². The average Bonchev–Trinajstić information content (AvgIpc) is 3.08. The first-order valence-electron chi connectivity index (χ1n) is 8.79. The molecule has 4 rings (SSSR count). The maximum atomic E-state index is 13.0. The number of hydrogen-bond acceptors (Lipinski definition) is 4. The van der Waals surface area contributed by atoms with Crippen LogP contribution in [0.25, 0.3) is 0 Å². The first kappa shape index (κ1) is 19.7. The molecule has 0 unspecified atom stereocenters. The van der Waals surface area contributed by atoms with Crippen molar-refractivity contribution in [1.29, 1.82) is 0 Å². The lowest BCUT2D eigenvalue weighted by molar-refractivity contribution is -0.137. The zero-order valence-corrected chi connectivity index (χ0v) is 16.1. The average molecular weight is 426 g/mol. The molecule has 0 radical (unpaired) electrons. The Balaban J connectivity index is 1.67. The Morgan fingerprint density at radius 1 is 1.07 bits per heavy atom. The van der Waals surface area contributed by atoms with Crippen molar-refractivity contribution in [2.24, 2.45) is 0 Å². The van der Waals surface area contributed by atoms with Crippen molar-refractivity contribution in [2.45, 2.75) is 23.2 Å². The van der Waals surface area contributed by atoms with E-state index in [9.17, 15) is 26.4 Å². The van der Waals surface area contributed by atoms with Crippen LogP contribution in [0.15, 0.2) is 53.4 Å². The number of benzene rings is 2. The Bertz CT molecular complexity index is 1060. The number of carbonyl (C=O) groups is 1. The number of halogens is 3. The second-order valence-corrected chi connectivity index (χ2v) is 8.92. The zero-order chi connectivity index (χ0) is 21.0. The lowest BCUT2D eigenvalue weighted by atomic mass is 10.1. The van der Waals surface area contributed by atoms with E-state index >= 15 is 0 Å². The van der Waals surface area contributed by atoms with Crippen LogP contribution < -0.4 is 4.74 Å². The van der Waals surface area contributed by atoms with Gasteiger partial charge >= 0.3 is 6.18 Å². The number of alkyl halides is 3. The molecule has 2 aliphatic heterocycles. The van der Waals surface area contributed by atoms with E-state index < -0.39 is 39.8 Å². The quantitative estimate of drug-likeness (QED) is 0.741. The van der Waals surface area contributed by atoms with Gasteiger partial charge in [0.25, 0.3) is 5.91 Å². The molecular weight excluding hydrogens is 409 g/mol. The van der Waals surface area contributed by atoms with E-state index in [0.29, 0.717) is 0 Å². The molecule has 10 heteroatoms. The summed E-state index contributed by atoms with van der Waals surface area (Å²) in [5, 5.41) is 0. The van der Waals surface area contributed by atoms with Gasteiger partial charge in [0.05, 0.1) is 28.6 Å². The summed E-state index contributed by atoms with van der Waals surface area (Å²) in [6.45, 7) is -0.0236. The van der Waals surface area contributed by atoms with Crippen LogP contribution in [0.2, 0.25) is 0 Å². The van der Waals surface area contributed by atoms with E-state index in [1.165, 1.54) is 28.4 Å². The fourth-order valence-corrected chi connectivity index (χ4v) is 5.12. The van der Waals surface area contributed by atoms with Crippen molar-refractivity contribution in [3.05, 3.63) is 59.7 Å². The molecule has 2 heterocycles. The highest BCUT2D eigenvalue weighted by atomic mass is 32.2. The van der Waals surface area contributed by atoms with Gasteiger partial charge in [-0.15, -0.1) is 0 Å². The third-order valence-electron chi connectivity index (χ3n) is 5.22. The molecule has 0 spiro atoms. The van der Waals surface area contributed by atoms with Crippen molar-refractivity contribution >= 4 is 15.9 Å². The highest BCUT2D eigenvalue weighted by molar-refractivity contribution is 7.89. The molecule has 29 heavy (non-hydrogen) atoms. The van der Waals surface area contributed by atoms with E-state index in [1.807, 2.05) is 0 Å². The number of nitrogens with zero attached hydrogens (tertiary/aromatic N) is 2. The summed E-state index contributed by atoms with van der Waals surface area (Å²) >= 11 is 0. The highest BCUT2D eigenvalue weighted by Crippen LogP contribution is 2.37. The van der Waals surface area contributed by atoms with Crippen LogP contribution in [0.3, 0.4) is 0 Å². The second kappa shape index (κ2) is 6.74. The van der Waals surface area contributed by atoms with E-state index in [1.54, 1.807) is 18.2 Å². The third kappa shape index (κ3) is 3.36. The van der Waals surface area contributed by atoms with Crippen LogP contribution in [-0.4, -0.2) is 55.8 Å². The van der Waals surface area contributed by atoms with E-state index in [4.69, 9.17) is 4.74 Å². The van der Waals surface area contributed by atoms with Crippen LogP contribution in [0, 0.1) is 0 Å². The lowest BCUT2D eigenvalue weighted by Gasteiger charge is -2.25. The van der Waals surface area contributed by atoms with E-state index in [2.05, 4.69) is 0 Å². The maximum absolute atomic E-state index is 13.0. The van der Waals surface area contributed by atoms with Crippen molar-refractivity contribution in [1.82, 2.24) is 9.21 Å². The molecule has 2 atom stereocenters. The highest BCUT2D eigenvalue weighted by Gasteiger charge is 2.46. The molecule has 0 bridgehead atoms. The fourth-order valence-electron chi connectivity index (χ4n) is 3.63. The van der Waals surface area contributed by atoms with Crippen molar-refractivity contribution in [3.63, 3.8) is 0 Å². The molecule has 2 aromatic rings. The van der Waals surface area contributed by atoms with Gasteiger partial charge in [0.2, 0.25) is 10.0 Å². The third-order valence-corrected chi connectivity index (χ3v) is 7.06. The van der Waals surface area contributed by atoms with Crippen LogP contribution in [0.1, 0.15) is 15.9 Å². The normalized spacial score (nSPS) is 22.6. The minimum atomic E-state index is -4.59. The summed E-state index contributed by atoms with van der Waals surface area (Å²) in [7, 11) is -2.34. The molecule has 2 aliphatic rings. The minimum Gasteiger partial charge on any atom is -0.486 e. The molecule has 0 N–H and O–H groups in total. The molecule has 6 nitrogen and oxygen atoms in total. The largest absolute Gasteiger partial charge is 0.486 e. The van der Waals surface area contributed by atoms with Gasteiger partial charge in [-0.25, -0.2) is 8.42 Å². The van der Waals surface area contributed by atoms with E-state index in [0.717, 1.165) is 18.2 Å². The van der Waals surface area contributed by atoms with E-state index in [-0.39, 0.29) is 29.3 Å². The fraction of sp³-hybridized carbons (Fsp3) is 0.316. The molecule has 1 amide bonds.